The van der Waals surface area contributed by atoms with Crippen molar-refractivity contribution < 1.29 is 4.79 Å². The van der Waals surface area contributed by atoms with Gasteiger partial charge in [0.05, 0.1) is 12.2 Å². The summed E-state index contributed by atoms with van der Waals surface area (Å²) in [4.78, 5) is 23.1. The molecule has 0 bridgehead atoms. The molecule has 1 atom stereocenters. The van der Waals surface area contributed by atoms with Gasteiger partial charge in [-0.15, -0.1) is 5.10 Å². The number of aromatic nitrogens is 5. The Balaban J connectivity index is 1.72. The highest BCUT2D eigenvalue weighted by atomic mass is 16.2. The first-order valence-electron chi connectivity index (χ1n) is 7.86. The summed E-state index contributed by atoms with van der Waals surface area (Å²) in [5.74, 6) is 0.440. The molecule has 0 spiro atoms. The van der Waals surface area contributed by atoms with Gasteiger partial charge in [-0.25, -0.2) is 14.6 Å². The molecule has 23 heavy (non-hydrogen) atoms. The molecule has 0 radical (unpaired) electrons. The van der Waals surface area contributed by atoms with E-state index in [1.165, 1.54) is 0 Å². The molecule has 1 N–H and O–H groups in total. The van der Waals surface area contributed by atoms with E-state index in [9.17, 15) is 4.79 Å². The topological polar surface area (TPSA) is 88.8 Å². The molecule has 2 aromatic rings. The predicted molar refractivity (Wildman–Crippen MR) is 85.1 cm³/mol. The molecule has 2 aromatic heterocycles. The average Bonchev–Trinajstić information content (AvgIpc) is 2.98. The first-order valence-corrected chi connectivity index (χ1v) is 7.86. The van der Waals surface area contributed by atoms with E-state index in [2.05, 4.69) is 25.6 Å². The lowest BCUT2D eigenvalue weighted by Gasteiger charge is -2.20. The number of amides is 1. The second kappa shape index (κ2) is 6.72. The first kappa shape index (κ1) is 15.4. The van der Waals surface area contributed by atoms with Crippen molar-refractivity contribution in [3.05, 3.63) is 29.8 Å². The van der Waals surface area contributed by atoms with Gasteiger partial charge in [0.2, 0.25) is 5.95 Å². The molecule has 1 saturated heterocycles. The van der Waals surface area contributed by atoms with Gasteiger partial charge in [0.1, 0.15) is 5.69 Å². The molecule has 0 aromatic carbocycles. The van der Waals surface area contributed by atoms with Crippen LogP contribution in [0.1, 0.15) is 41.5 Å². The van der Waals surface area contributed by atoms with Gasteiger partial charge in [-0.05, 0) is 32.3 Å². The van der Waals surface area contributed by atoms with E-state index in [1.807, 2.05) is 22.7 Å². The van der Waals surface area contributed by atoms with Crippen LogP contribution in [0.4, 0.5) is 5.95 Å². The number of likely N-dealkylation sites (tertiary alicyclic amines) is 1. The van der Waals surface area contributed by atoms with Crippen molar-refractivity contribution in [3.63, 3.8) is 0 Å². The summed E-state index contributed by atoms with van der Waals surface area (Å²) in [6, 6.07) is 2.04. The third-order valence-corrected chi connectivity index (χ3v) is 4.10. The highest BCUT2D eigenvalue weighted by molar-refractivity contribution is 5.92. The number of nitrogens with one attached hydrogen (secondary N) is 1. The van der Waals surface area contributed by atoms with Crippen LogP contribution in [0.3, 0.4) is 0 Å². The van der Waals surface area contributed by atoms with Gasteiger partial charge in [-0.3, -0.25) is 4.79 Å². The van der Waals surface area contributed by atoms with Crippen molar-refractivity contribution in [2.75, 3.05) is 25.5 Å². The third kappa shape index (κ3) is 3.46. The van der Waals surface area contributed by atoms with E-state index in [4.69, 9.17) is 0 Å². The minimum absolute atomic E-state index is 0.0359. The zero-order valence-electron chi connectivity index (χ0n) is 13.4. The summed E-state index contributed by atoms with van der Waals surface area (Å²) in [5.41, 5.74) is 1.23. The monoisotopic (exact) mass is 315 g/mol. The number of aryl methyl sites for hydroxylation is 1. The lowest BCUT2D eigenvalue weighted by molar-refractivity contribution is 0.0754. The minimum atomic E-state index is -0.0359. The molecular weight excluding hydrogens is 294 g/mol. The number of carbonyl (C=O) groups is 1. The Morgan fingerprint density at radius 3 is 2.91 bits per heavy atom. The highest BCUT2D eigenvalue weighted by Gasteiger charge is 2.24. The van der Waals surface area contributed by atoms with Crippen molar-refractivity contribution >= 4 is 11.9 Å². The smallest absolute Gasteiger partial charge is 0.272 e. The second-order valence-corrected chi connectivity index (χ2v) is 5.73. The normalized spacial score (nSPS) is 18.5. The van der Waals surface area contributed by atoms with Crippen LogP contribution in [0, 0.1) is 6.92 Å². The molecule has 1 aliphatic rings. The van der Waals surface area contributed by atoms with Crippen molar-refractivity contribution in [1.82, 2.24) is 29.9 Å². The summed E-state index contributed by atoms with van der Waals surface area (Å²) in [5, 5.41) is 10.8. The molecule has 1 aliphatic heterocycles. The molecule has 1 fully saturated rings. The van der Waals surface area contributed by atoms with Crippen molar-refractivity contribution in [1.29, 1.82) is 0 Å². The molecule has 3 heterocycles. The van der Waals surface area contributed by atoms with Crippen molar-refractivity contribution in [3.8, 4) is 0 Å². The van der Waals surface area contributed by atoms with Crippen molar-refractivity contribution in [2.24, 2.45) is 0 Å². The molecule has 8 heteroatoms. The predicted octanol–water partition coefficient (Wildman–Crippen LogP) is 1.29. The number of anilines is 1. The van der Waals surface area contributed by atoms with E-state index in [1.54, 1.807) is 19.3 Å². The van der Waals surface area contributed by atoms with E-state index in [-0.39, 0.29) is 5.91 Å². The summed E-state index contributed by atoms with van der Waals surface area (Å²) < 4.78 is 1.89. The molecular formula is C15H21N7O. The van der Waals surface area contributed by atoms with Crippen LogP contribution in [0.2, 0.25) is 0 Å². The van der Waals surface area contributed by atoms with Gasteiger partial charge < -0.3 is 10.2 Å². The van der Waals surface area contributed by atoms with Crippen LogP contribution in [0.5, 0.6) is 0 Å². The van der Waals surface area contributed by atoms with Gasteiger partial charge in [-0.1, -0.05) is 5.21 Å². The standard InChI is InChI=1S/C15H21N7O/c1-11-10-13(19-15(16-2)18-11)14(23)21-7-3-4-12(5-8-21)22-9-6-17-20-22/h6,9-10,12H,3-5,7-8H2,1-2H3,(H,16,18,19). The van der Waals surface area contributed by atoms with Gasteiger partial charge >= 0.3 is 0 Å². The molecule has 0 aliphatic carbocycles. The second-order valence-electron chi connectivity index (χ2n) is 5.73. The van der Waals surface area contributed by atoms with Gasteiger partial charge in [0.15, 0.2) is 0 Å². The maximum atomic E-state index is 12.7. The SMILES string of the molecule is CNc1nc(C)cc(C(=O)N2CCCC(n3ccnn3)CC2)n1. The quantitative estimate of drug-likeness (QED) is 0.918. The minimum Gasteiger partial charge on any atom is -0.357 e. The van der Waals surface area contributed by atoms with Crippen molar-refractivity contribution in [2.45, 2.75) is 32.2 Å². The van der Waals surface area contributed by atoms with Gasteiger partial charge in [-0.2, -0.15) is 0 Å². The summed E-state index contributed by atoms with van der Waals surface area (Å²) >= 11 is 0. The molecule has 122 valence electrons. The Morgan fingerprint density at radius 2 is 2.17 bits per heavy atom. The molecule has 1 amide bonds. The number of carbonyl (C=O) groups excluding carboxylic acids is 1. The largest absolute Gasteiger partial charge is 0.357 e. The number of hydrogen-bond donors (Lipinski definition) is 1. The zero-order chi connectivity index (χ0) is 16.2. The Bertz CT molecular complexity index is 670. The van der Waals surface area contributed by atoms with Crippen LogP contribution in [-0.2, 0) is 0 Å². The van der Waals surface area contributed by atoms with Crippen LogP contribution in [-0.4, -0.2) is 55.9 Å². The van der Waals surface area contributed by atoms with Gasteiger partial charge in [0, 0.05) is 32.0 Å². The molecule has 0 saturated carbocycles. The third-order valence-electron chi connectivity index (χ3n) is 4.10. The average molecular weight is 315 g/mol. The number of hydrogen-bond acceptors (Lipinski definition) is 6. The molecule has 3 rings (SSSR count). The maximum absolute atomic E-state index is 12.7. The molecule has 1 unspecified atom stereocenters. The molecule has 8 nitrogen and oxygen atoms in total. The van der Waals surface area contributed by atoms with Crippen LogP contribution in [0.25, 0.3) is 0 Å². The number of rotatable bonds is 3. The maximum Gasteiger partial charge on any atom is 0.272 e. The lowest BCUT2D eigenvalue weighted by Crippen LogP contribution is -2.33. The van der Waals surface area contributed by atoms with E-state index in [0.29, 0.717) is 24.2 Å². The fourth-order valence-electron chi connectivity index (χ4n) is 2.91. The fraction of sp³-hybridized carbons (Fsp3) is 0.533. The number of nitrogens with zero attached hydrogens (tertiary/aromatic N) is 6. The van der Waals surface area contributed by atoms with E-state index in [0.717, 1.165) is 31.5 Å². The Labute approximate surface area is 134 Å². The summed E-state index contributed by atoms with van der Waals surface area (Å²) in [7, 11) is 1.75. The lowest BCUT2D eigenvalue weighted by atomic mass is 10.1. The van der Waals surface area contributed by atoms with E-state index < -0.39 is 0 Å². The van der Waals surface area contributed by atoms with E-state index >= 15 is 0 Å². The summed E-state index contributed by atoms with van der Waals surface area (Å²) in [6.45, 7) is 3.30. The van der Waals surface area contributed by atoms with Gasteiger partial charge in [0.25, 0.3) is 5.91 Å². The first-order chi connectivity index (χ1) is 11.2. The highest BCUT2D eigenvalue weighted by Crippen LogP contribution is 2.22. The van der Waals surface area contributed by atoms with Crippen LogP contribution in [0.15, 0.2) is 18.5 Å². The Hall–Kier alpha value is -2.51. The zero-order valence-corrected chi connectivity index (χ0v) is 13.4. The Kier molecular flexibility index (Phi) is 4.50. The van der Waals surface area contributed by atoms with Crippen LogP contribution < -0.4 is 5.32 Å². The van der Waals surface area contributed by atoms with Crippen LogP contribution >= 0.6 is 0 Å². The Morgan fingerprint density at radius 1 is 1.30 bits per heavy atom. The fourth-order valence-corrected chi connectivity index (χ4v) is 2.91. The summed E-state index contributed by atoms with van der Waals surface area (Å²) in [6.07, 6.45) is 6.39.